The average molecular weight is 253 g/mol. The first-order valence-electron chi connectivity index (χ1n) is 5.52. The minimum Gasteiger partial charge on any atom is -0.311 e. The monoisotopic (exact) mass is 252 g/mol. The van der Waals surface area contributed by atoms with E-state index in [-0.39, 0.29) is 5.54 Å². The first kappa shape index (κ1) is 13.6. The molecular weight excluding hydrogens is 231 g/mol. The van der Waals surface area contributed by atoms with Crippen molar-refractivity contribution in [3.63, 3.8) is 0 Å². The van der Waals surface area contributed by atoms with Gasteiger partial charge in [0.2, 0.25) is 0 Å². The predicted molar refractivity (Wildman–Crippen MR) is 67.8 cm³/mol. The topological polar surface area (TPSA) is 15.3 Å². The van der Waals surface area contributed by atoms with E-state index in [0.717, 1.165) is 26.1 Å². The van der Waals surface area contributed by atoms with E-state index in [1.54, 1.807) is 0 Å². The van der Waals surface area contributed by atoms with Crippen LogP contribution < -0.4 is 5.32 Å². The van der Waals surface area contributed by atoms with Crippen molar-refractivity contribution in [2.45, 2.75) is 37.1 Å². The lowest BCUT2D eigenvalue weighted by atomic mass is 10.1. The second kappa shape index (κ2) is 4.79. The molecule has 1 unspecified atom stereocenters. The number of hydrogen-bond donors (Lipinski definition) is 1. The van der Waals surface area contributed by atoms with Crippen LogP contribution in [0.15, 0.2) is 0 Å². The molecule has 0 radical (unpaired) electrons. The molecule has 90 valence electrons. The van der Waals surface area contributed by atoms with Gasteiger partial charge in [0, 0.05) is 31.1 Å². The standard InChI is InChI=1S/C11H22Cl2N2/c1-10(2,3)14-5-6-15(4)8-9-7-11(9,12)13/h9,14H,5-8H2,1-4H3. The van der Waals surface area contributed by atoms with Crippen LogP contribution in [0.3, 0.4) is 0 Å². The fraction of sp³-hybridized carbons (Fsp3) is 1.00. The maximum absolute atomic E-state index is 5.98. The molecule has 1 saturated carbocycles. The molecule has 1 rings (SSSR count). The number of nitrogens with zero attached hydrogens (tertiary/aromatic N) is 1. The van der Waals surface area contributed by atoms with Crippen molar-refractivity contribution in [2.75, 3.05) is 26.7 Å². The zero-order valence-electron chi connectivity index (χ0n) is 10.1. The second-order valence-electron chi connectivity index (χ2n) is 5.60. The fourth-order valence-electron chi connectivity index (χ4n) is 1.56. The van der Waals surface area contributed by atoms with Gasteiger partial charge in [0.05, 0.1) is 0 Å². The molecule has 0 aromatic heterocycles. The fourth-order valence-corrected chi connectivity index (χ4v) is 2.07. The van der Waals surface area contributed by atoms with Gasteiger partial charge in [0.15, 0.2) is 0 Å². The lowest BCUT2D eigenvalue weighted by Gasteiger charge is -2.23. The van der Waals surface area contributed by atoms with Gasteiger partial charge in [-0.3, -0.25) is 0 Å². The molecule has 15 heavy (non-hydrogen) atoms. The maximum Gasteiger partial charge on any atom is 0.122 e. The Morgan fingerprint density at radius 1 is 1.40 bits per heavy atom. The summed E-state index contributed by atoms with van der Waals surface area (Å²) in [5.41, 5.74) is 0.198. The van der Waals surface area contributed by atoms with Gasteiger partial charge in [-0.1, -0.05) is 0 Å². The summed E-state index contributed by atoms with van der Waals surface area (Å²) in [5, 5.41) is 3.46. The molecule has 0 spiro atoms. The van der Waals surface area contributed by atoms with E-state index in [1.807, 2.05) is 0 Å². The summed E-state index contributed by atoms with van der Waals surface area (Å²) in [4.78, 5) is 2.29. The van der Waals surface area contributed by atoms with Gasteiger partial charge in [0.25, 0.3) is 0 Å². The normalized spacial score (nSPS) is 24.6. The third-order valence-electron chi connectivity index (χ3n) is 2.64. The van der Waals surface area contributed by atoms with Crippen molar-refractivity contribution in [1.29, 1.82) is 0 Å². The first-order chi connectivity index (χ1) is 6.71. The van der Waals surface area contributed by atoms with E-state index in [1.165, 1.54) is 0 Å². The molecular formula is C11H22Cl2N2. The molecule has 0 heterocycles. The van der Waals surface area contributed by atoms with Gasteiger partial charge < -0.3 is 10.2 Å². The Morgan fingerprint density at radius 3 is 2.33 bits per heavy atom. The largest absolute Gasteiger partial charge is 0.311 e. The van der Waals surface area contributed by atoms with E-state index in [4.69, 9.17) is 23.2 Å². The quantitative estimate of drug-likeness (QED) is 0.757. The summed E-state index contributed by atoms with van der Waals surface area (Å²) in [7, 11) is 2.12. The lowest BCUT2D eigenvalue weighted by molar-refractivity contribution is 0.299. The third-order valence-corrected chi connectivity index (χ3v) is 3.56. The van der Waals surface area contributed by atoms with Gasteiger partial charge >= 0.3 is 0 Å². The molecule has 2 nitrogen and oxygen atoms in total. The Bertz CT molecular complexity index is 211. The molecule has 0 amide bonds. The van der Waals surface area contributed by atoms with E-state index in [9.17, 15) is 0 Å². The second-order valence-corrected chi connectivity index (χ2v) is 7.14. The van der Waals surface area contributed by atoms with Gasteiger partial charge in [-0.25, -0.2) is 0 Å². The van der Waals surface area contributed by atoms with E-state index in [2.05, 4.69) is 38.0 Å². The summed E-state index contributed by atoms with van der Waals surface area (Å²) >= 11 is 12.0. The molecule has 1 atom stereocenters. The summed E-state index contributed by atoms with van der Waals surface area (Å²) in [5.74, 6) is 0.459. The molecule has 1 aliphatic carbocycles. The zero-order valence-corrected chi connectivity index (χ0v) is 11.6. The number of likely N-dealkylation sites (N-methyl/N-ethyl adjacent to an activating group) is 1. The summed E-state index contributed by atoms with van der Waals surface area (Å²) < 4.78 is -0.439. The van der Waals surface area contributed by atoms with Crippen molar-refractivity contribution in [2.24, 2.45) is 5.92 Å². The zero-order chi connectivity index (χ0) is 11.7. The van der Waals surface area contributed by atoms with E-state index >= 15 is 0 Å². The van der Waals surface area contributed by atoms with Crippen molar-refractivity contribution >= 4 is 23.2 Å². The minimum absolute atomic E-state index is 0.198. The molecule has 0 bridgehead atoms. The van der Waals surface area contributed by atoms with Crippen LogP contribution in [0.5, 0.6) is 0 Å². The molecule has 1 aliphatic rings. The van der Waals surface area contributed by atoms with E-state index in [0.29, 0.717) is 5.92 Å². The van der Waals surface area contributed by atoms with Gasteiger partial charge in [0.1, 0.15) is 4.33 Å². The van der Waals surface area contributed by atoms with Crippen molar-refractivity contribution in [3.05, 3.63) is 0 Å². The van der Waals surface area contributed by atoms with Crippen LogP contribution in [-0.2, 0) is 0 Å². The van der Waals surface area contributed by atoms with Crippen molar-refractivity contribution in [3.8, 4) is 0 Å². The highest BCUT2D eigenvalue weighted by atomic mass is 35.5. The van der Waals surface area contributed by atoms with Crippen molar-refractivity contribution < 1.29 is 0 Å². The smallest absolute Gasteiger partial charge is 0.122 e. The Hall–Kier alpha value is 0.500. The first-order valence-corrected chi connectivity index (χ1v) is 6.28. The van der Waals surface area contributed by atoms with Crippen LogP contribution in [0.4, 0.5) is 0 Å². The Labute approximate surface area is 103 Å². The van der Waals surface area contributed by atoms with Crippen LogP contribution in [0, 0.1) is 5.92 Å². The number of nitrogens with one attached hydrogen (secondary N) is 1. The number of halogens is 2. The van der Waals surface area contributed by atoms with Crippen LogP contribution in [0.1, 0.15) is 27.2 Å². The maximum atomic E-state index is 5.98. The number of hydrogen-bond acceptors (Lipinski definition) is 2. The highest BCUT2D eigenvalue weighted by Crippen LogP contribution is 2.53. The lowest BCUT2D eigenvalue weighted by Crippen LogP contribution is -2.41. The molecule has 0 aromatic carbocycles. The SMILES string of the molecule is CN(CCNC(C)(C)C)CC1CC1(Cl)Cl. The van der Waals surface area contributed by atoms with Crippen LogP contribution >= 0.6 is 23.2 Å². The molecule has 4 heteroatoms. The summed E-state index contributed by atoms with van der Waals surface area (Å²) in [6.45, 7) is 9.57. The van der Waals surface area contributed by atoms with Gasteiger partial charge in [-0.2, -0.15) is 0 Å². The number of alkyl halides is 2. The van der Waals surface area contributed by atoms with Crippen LogP contribution in [0.2, 0.25) is 0 Å². The molecule has 1 N–H and O–H groups in total. The van der Waals surface area contributed by atoms with Crippen molar-refractivity contribution in [1.82, 2.24) is 10.2 Å². The van der Waals surface area contributed by atoms with Crippen LogP contribution in [-0.4, -0.2) is 41.5 Å². The number of rotatable bonds is 5. The van der Waals surface area contributed by atoms with Crippen LogP contribution in [0.25, 0.3) is 0 Å². The third kappa shape index (κ3) is 5.39. The Morgan fingerprint density at radius 2 is 1.93 bits per heavy atom. The summed E-state index contributed by atoms with van der Waals surface area (Å²) in [6.07, 6.45) is 0.938. The highest BCUT2D eigenvalue weighted by Gasteiger charge is 2.51. The molecule has 0 saturated heterocycles. The molecule has 1 fully saturated rings. The van der Waals surface area contributed by atoms with Gasteiger partial charge in [-0.15, -0.1) is 23.2 Å². The average Bonchev–Trinajstić information content (AvgIpc) is 2.55. The summed E-state index contributed by atoms with van der Waals surface area (Å²) in [6, 6.07) is 0. The molecule has 0 aliphatic heterocycles. The minimum atomic E-state index is -0.439. The Kier molecular flexibility index (Phi) is 4.33. The highest BCUT2D eigenvalue weighted by molar-refractivity contribution is 6.50. The predicted octanol–water partition coefficient (Wildman–Crippen LogP) is 2.50. The Balaban J connectivity index is 2.07. The van der Waals surface area contributed by atoms with E-state index < -0.39 is 4.33 Å². The van der Waals surface area contributed by atoms with Gasteiger partial charge in [-0.05, 0) is 34.2 Å². The molecule has 0 aromatic rings.